The van der Waals surface area contributed by atoms with E-state index >= 15 is 0 Å². The van der Waals surface area contributed by atoms with E-state index < -0.39 is 0 Å². The van der Waals surface area contributed by atoms with Crippen molar-refractivity contribution in [3.63, 3.8) is 0 Å². The summed E-state index contributed by atoms with van der Waals surface area (Å²) in [7, 11) is 0. The molecule has 0 aliphatic rings. The van der Waals surface area contributed by atoms with Crippen molar-refractivity contribution in [2.24, 2.45) is 0 Å². The normalized spacial score (nSPS) is 12.2. The van der Waals surface area contributed by atoms with Crippen LogP contribution in [0.25, 0.3) is 0 Å². The van der Waals surface area contributed by atoms with E-state index in [0.29, 0.717) is 0 Å². The maximum atomic E-state index is 5.63. The lowest BCUT2D eigenvalue weighted by Crippen LogP contribution is -2.11. The highest BCUT2D eigenvalue weighted by atomic mass is 16.5. The number of aromatic nitrogens is 2. The number of nitrogens with one attached hydrogen (secondary N) is 1. The van der Waals surface area contributed by atoms with Gasteiger partial charge < -0.3 is 10.1 Å². The van der Waals surface area contributed by atoms with Crippen molar-refractivity contribution >= 4 is 5.69 Å². The van der Waals surface area contributed by atoms with Crippen molar-refractivity contribution in [2.75, 3.05) is 5.32 Å². The Kier molecular flexibility index (Phi) is 4.56. The third kappa shape index (κ3) is 3.70. The Labute approximate surface area is 120 Å². The molecule has 2 rings (SSSR count). The van der Waals surface area contributed by atoms with E-state index in [2.05, 4.69) is 22.2 Å². The summed E-state index contributed by atoms with van der Waals surface area (Å²) in [6, 6.07) is 8.08. The van der Waals surface area contributed by atoms with Gasteiger partial charge in [-0.15, -0.1) is 0 Å². The second-order valence-electron chi connectivity index (χ2n) is 5.08. The van der Waals surface area contributed by atoms with E-state index in [0.717, 1.165) is 22.8 Å². The molecule has 4 nitrogen and oxygen atoms in total. The zero-order valence-electron chi connectivity index (χ0n) is 12.4. The molecule has 0 radical (unpaired) electrons. The molecule has 106 valence electrons. The van der Waals surface area contributed by atoms with Crippen LogP contribution in [0.5, 0.6) is 5.75 Å². The highest BCUT2D eigenvalue weighted by molar-refractivity contribution is 5.47. The molecule has 1 heterocycles. The van der Waals surface area contributed by atoms with Crippen molar-refractivity contribution < 1.29 is 4.74 Å². The third-order valence-electron chi connectivity index (χ3n) is 2.94. The summed E-state index contributed by atoms with van der Waals surface area (Å²) in [6.07, 6.45) is 3.62. The van der Waals surface area contributed by atoms with Gasteiger partial charge in [0.05, 0.1) is 23.5 Å². The van der Waals surface area contributed by atoms with Gasteiger partial charge in [0.1, 0.15) is 5.75 Å². The minimum atomic E-state index is 0.112. The van der Waals surface area contributed by atoms with E-state index in [1.54, 1.807) is 12.4 Å². The lowest BCUT2D eigenvalue weighted by Gasteiger charge is -2.16. The van der Waals surface area contributed by atoms with Crippen molar-refractivity contribution in [2.45, 2.75) is 39.8 Å². The van der Waals surface area contributed by atoms with Gasteiger partial charge in [-0.2, -0.15) is 0 Å². The van der Waals surface area contributed by atoms with Crippen LogP contribution >= 0.6 is 0 Å². The Morgan fingerprint density at radius 3 is 2.25 bits per heavy atom. The van der Waals surface area contributed by atoms with Crippen LogP contribution in [0.15, 0.2) is 36.7 Å². The van der Waals surface area contributed by atoms with Crippen LogP contribution in [0.4, 0.5) is 5.69 Å². The van der Waals surface area contributed by atoms with E-state index in [1.807, 2.05) is 45.0 Å². The van der Waals surface area contributed by atoms with Gasteiger partial charge in [-0.3, -0.25) is 9.97 Å². The highest BCUT2D eigenvalue weighted by Crippen LogP contribution is 2.22. The fourth-order valence-corrected chi connectivity index (χ4v) is 2.06. The van der Waals surface area contributed by atoms with Gasteiger partial charge in [0.15, 0.2) is 0 Å². The maximum Gasteiger partial charge on any atom is 0.119 e. The lowest BCUT2D eigenvalue weighted by molar-refractivity contribution is 0.242. The van der Waals surface area contributed by atoms with Gasteiger partial charge in [0, 0.05) is 18.1 Å². The second kappa shape index (κ2) is 6.37. The largest absolute Gasteiger partial charge is 0.491 e. The van der Waals surface area contributed by atoms with Crippen molar-refractivity contribution in [1.82, 2.24) is 9.97 Å². The Bertz CT molecular complexity index is 552. The maximum absolute atomic E-state index is 5.63. The summed E-state index contributed by atoms with van der Waals surface area (Å²) in [5, 5.41) is 3.42. The lowest BCUT2D eigenvalue weighted by atomic mass is 10.1. The quantitative estimate of drug-likeness (QED) is 0.899. The summed E-state index contributed by atoms with van der Waals surface area (Å²) < 4.78 is 5.63. The zero-order valence-corrected chi connectivity index (χ0v) is 12.4. The number of benzene rings is 1. The number of hydrogen-bond donors (Lipinski definition) is 1. The minimum Gasteiger partial charge on any atom is -0.491 e. The fraction of sp³-hybridized carbons (Fsp3) is 0.375. The third-order valence-corrected chi connectivity index (χ3v) is 2.94. The summed E-state index contributed by atoms with van der Waals surface area (Å²) in [5.41, 5.74) is 2.96. The Hall–Kier alpha value is -2.10. The molecule has 0 spiro atoms. The molecule has 0 aliphatic heterocycles. The first kappa shape index (κ1) is 14.3. The van der Waals surface area contributed by atoms with E-state index in [9.17, 15) is 0 Å². The van der Waals surface area contributed by atoms with Gasteiger partial charge in [-0.25, -0.2) is 0 Å². The minimum absolute atomic E-state index is 0.112. The predicted molar refractivity (Wildman–Crippen MR) is 81.0 cm³/mol. The summed E-state index contributed by atoms with van der Waals surface area (Å²) >= 11 is 0. The first-order valence-corrected chi connectivity index (χ1v) is 6.87. The molecule has 2 aromatic rings. The SMILES string of the molecule is Cc1nccnc1C(C)Nc1ccc(OC(C)C)cc1. The van der Waals surface area contributed by atoms with Gasteiger partial charge >= 0.3 is 0 Å². The molecule has 0 bridgehead atoms. The molecule has 0 aliphatic carbocycles. The Morgan fingerprint density at radius 2 is 1.65 bits per heavy atom. The van der Waals surface area contributed by atoms with Crippen LogP contribution in [0, 0.1) is 6.92 Å². The van der Waals surface area contributed by atoms with Crippen molar-refractivity contribution in [1.29, 1.82) is 0 Å². The Balaban J connectivity index is 2.05. The first-order valence-electron chi connectivity index (χ1n) is 6.87. The molecule has 1 aromatic heterocycles. The topological polar surface area (TPSA) is 47.0 Å². The monoisotopic (exact) mass is 271 g/mol. The molecule has 4 heteroatoms. The van der Waals surface area contributed by atoms with Crippen LogP contribution in [-0.4, -0.2) is 16.1 Å². The molecule has 20 heavy (non-hydrogen) atoms. The molecule has 0 saturated heterocycles. The molecule has 1 aromatic carbocycles. The van der Waals surface area contributed by atoms with Crippen LogP contribution in [0.2, 0.25) is 0 Å². The number of aryl methyl sites for hydroxylation is 1. The molecule has 1 N–H and O–H groups in total. The van der Waals surface area contributed by atoms with Crippen LogP contribution < -0.4 is 10.1 Å². The summed E-state index contributed by atoms with van der Waals surface area (Å²) in [4.78, 5) is 8.65. The number of nitrogens with zero attached hydrogens (tertiary/aromatic N) is 2. The number of hydrogen-bond acceptors (Lipinski definition) is 4. The molecule has 1 atom stereocenters. The number of anilines is 1. The van der Waals surface area contributed by atoms with E-state index in [1.165, 1.54) is 0 Å². The first-order chi connectivity index (χ1) is 9.56. The standard InChI is InChI=1S/C16H21N3O/c1-11(2)20-15-7-5-14(6-8-15)19-13(4)16-12(3)17-9-10-18-16/h5-11,13,19H,1-4H3. The molecule has 0 saturated carbocycles. The molecule has 0 amide bonds. The average Bonchev–Trinajstić information content (AvgIpc) is 2.41. The van der Waals surface area contributed by atoms with Crippen LogP contribution in [0.1, 0.15) is 38.2 Å². The average molecular weight is 271 g/mol. The molecular weight excluding hydrogens is 250 g/mol. The van der Waals surface area contributed by atoms with Crippen molar-refractivity contribution in [3.05, 3.63) is 48.0 Å². The van der Waals surface area contributed by atoms with E-state index in [4.69, 9.17) is 4.74 Å². The van der Waals surface area contributed by atoms with Gasteiger partial charge in [0.25, 0.3) is 0 Å². The predicted octanol–water partition coefficient (Wildman–Crippen LogP) is 3.75. The number of ether oxygens (including phenoxy) is 1. The van der Waals surface area contributed by atoms with E-state index in [-0.39, 0.29) is 12.1 Å². The number of rotatable bonds is 5. The molecule has 1 unspecified atom stereocenters. The van der Waals surface area contributed by atoms with Crippen LogP contribution in [-0.2, 0) is 0 Å². The van der Waals surface area contributed by atoms with Gasteiger partial charge in [-0.1, -0.05) is 0 Å². The Morgan fingerprint density at radius 1 is 1.00 bits per heavy atom. The fourth-order valence-electron chi connectivity index (χ4n) is 2.06. The van der Waals surface area contributed by atoms with Crippen molar-refractivity contribution in [3.8, 4) is 5.75 Å². The second-order valence-corrected chi connectivity index (χ2v) is 5.08. The highest BCUT2D eigenvalue weighted by Gasteiger charge is 2.10. The van der Waals surface area contributed by atoms with Gasteiger partial charge in [-0.05, 0) is 52.0 Å². The summed E-state index contributed by atoms with van der Waals surface area (Å²) in [6.45, 7) is 8.09. The smallest absolute Gasteiger partial charge is 0.119 e. The molecular formula is C16H21N3O. The van der Waals surface area contributed by atoms with Crippen LogP contribution in [0.3, 0.4) is 0 Å². The zero-order chi connectivity index (χ0) is 14.5. The summed E-state index contributed by atoms with van der Waals surface area (Å²) in [5.74, 6) is 0.883. The van der Waals surface area contributed by atoms with Gasteiger partial charge in [0.2, 0.25) is 0 Å². The molecule has 0 fully saturated rings.